The minimum Gasteiger partial charge on any atom is -0.323 e. The van der Waals surface area contributed by atoms with E-state index in [9.17, 15) is 120 Å². The molecule has 0 rings (SSSR count). The van der Waals surface area contributed by atoms with Crippen molar-refractivity contribution in [2.45, 2.75) is 35.1 Å². The molecule has 0 aromatic rings. The van der Waals surface area contributed by atoms with Crippen LogP contribution in [0.3, 0.4) is 0 Å². The van der Waals surface area contributed by atoms with Crippen molar-refractivity contribution in [1.82, 2.24) is 9.80 Å². The molecule has 0 aromatic heterocycles. The molecule has 0 aliphatic rings. The van der Waals surface area contributed by atoms with Gasteiger partial charge in [0.25, 0.3) is 0 Å². The van der Waals surface area contributed by atoms with Gasteiger partial charge in [0.1, 0.15) is 5.78 Å². The monoisotopic (exact) mass is 798 g/mol. The number of hydrogen-bond acceptors (Lipinski definition) is 11. The van der Waals surface area contributed by atoms with Crippen LogP contribution in [0.1, 0.15) is 6.92 Å². The molecule has 0 spiro atoms. The molecule has 0 aliphatic heterocycles. The zero-order chi connectivity index (χ0) is 35.3. The summed E-state index contributed by atoms with van der Waals surface area (Å²) in [6.45, 7) is -2.54. The normalized spacial score (nSPS) is 16.3. The van der Waals surface area contributed by atoms with E-state index in [0.717, 1.165) is 0 Å². The van der Waals surface area contributed by atoms with Crippen molar-refractivity contribution >= 4 is 66.5 Å². The minimum absolute atomic E-state index is 0.0800. The molecule has 0 aliphatic carbocycles. The quantitative estimate of drug-likeness (QED) is 0.0664. The summed E-state index contributed by atoms with van der Waals surface area (Å²) in [5.41, 5.74) is -16.8. The van der Waals surface area contributed by atoms with Crippen LogP contribution < -0.4 is 0 Å². The van der Waals surface area contributed by atoms with E-state index in [4.69, 9.17) is 0 Å². The van der Waals surface area contributed by atoms with Crippen LogP contribution in [-0.4, -0.2) is 129 Å². The third-order valence-electron chi connectivity index (χ3n) is 4.75. The molecule has 27 nitrogen and oxygen atoms in total. The highest BCUT2D eigenvalue weighted by Crippen LogP contribution is 2.71. The number of carbonyl (C=O) groups is 1. The molecule has 0 radical (unpaired) electrons. The highest BCUT2D eigenvalue weighted by molar-refractivity contribution is 7.73. The van der Waals surface area contributed by atoms with Gasteiger partial charge >= 0.3 is 60.8 Å². The average molecular weight is 798 g/mol. The summed E-state index contributed by atoms with van der Waals surface area (Å²) in [5, 5.41) is 0. The molecule has 16 N–H and O–H groups in total. The van der Waals surface area contributed by atoms with Crippen LogP contribution in [-0.2, 0) is 41.3 Å². The lowest BCUT2D eigenvalue weighted by Gasteiger charge is -2.45. The molecular formula is C8H26N2O25P8. The molecule has 0 heterocycles. The molecule has 0 bridgehead atoms. The first kappa shape index (κ1) is 43.8. The van der Waals surface area contributed by atoms with Crippen molar-refractivity contribution in [3.05, 3.63) is 0 Å². The maximum absolute atomic E-state index is 12.6. The van der Waals surface area contributed by atoms with Gasteiger partial charge in [-0.1, -0.05) is 0 Å². The predicted molar refractivity (Wildman–Crippen MR) is 135 cm³/mol. The van der Waals surface area contributed by atoms with Crippen molar-refractivity contribution in [3.8, 4) is 0 Å². The van der Waals surface area contributed by atoms with Crippen LogP contribution in [0.25, 0.3) is 0 Å². The lowest BCUT2D eigenvalue weighted by molar-refractivity contribution is -0.123. The first-order valence-electron chi connectivity index (χ1n) is 9.73. The van der Waals surface area contributed by atoms with E-state index in [-0.39, 0.29) is 6.92 Å². The maximum atomic E-state index is 12.6. The zero-order valence-electron chi connectivity index (χ0n) is 20.4. The predicted octanol–water partition coefficient (Wildman–Crippen LogP) is -3.90. The molecule has 43 heavy (non-hydrogen) atoms. The molecule has 1 unspecified atom stereocenters. The van der Waals surface area contributed by atoms with Crippen molar-refractivity contribution in [2.24, 2.45) is 0 Å². The smallest absolute Gasteiger partial charge is 0.323 e. The summed E-state index contributed by atoms with van der Waals surface area (Å²) in [4.78, 5) is 163. The Labute approximate surface area is 237 Å². The Balaban J connectivity index is 8.49. The van der Waals surface area contributed by atoms with E-state index in [1.54, 1.807) is 0 Å². The number of nitrogens with zero attached hydrogens (tertiary/aromatic N) is 2. The van der Waals surface area contributed by atoms with Crippen LogP contribution in [0.2, 0.25) is 0 Å². The lowest BCUT2D eigenvalue weighted by atomic mass is 10.2. The van der Waals surface area contributed by atoms with Crippen molar-refractivity contribution in [1.29, 1.82) is 0 Å². The van der Waals surface area contributed by atoms with Gasteiger partial charge in [-0.05, 0) is 6.92 Å². The molecule has 0 saturated heterocycles. The van der Waals surface area contributed by atoms with Gasteiger partial charge in [-0.25, -0.2) is 4.90 Å². The summed E-state index contributed by atoms with van der Waals surface area (Å²) in [6.07, 6.45) is 0. The number of rotatable bonds is 16. The van der Waals surface area contributed by atoms with Crippen LogP contribution in [0.15, 0.2) is 0 Å². The molecule has 0 aromatic carbocycles. The topological polar surface area (TPSA) is 484 Å². The van der Waals surface area contributed by atoms with Gasteiger partial charge in [-0.15, -0.1) is 0 Å². The van der Waals surface area contributed by atoms with E-state index in [2.05, 4.69) is 0 Å². The first-order valence-corrected chi connectivity index (χ1v) is 23.2. The molecule has 35 heteroatoms. The van der Waals surface area contributed by atoms with Gasteiger partial charge in [0.2, 0.25) is 22.1 Å². The zero-order valence-corrected chi connectivity index (χ0v) is 27.6. The van der Waals surface area contributed by atoms with E-state index in [1.807, 2.05) is 0 Å². The second-order valence-corrected chi connectivity index (χ2v) is 23.3. The second kappa shape index (κ2) is 13.7. The van der Waals surface area contributed by atoms with Gasteiger partial charge < -0.3 is 78.3 Å². The SMILES string of the molecule is CC(=O)C(CN(C(P(=O)(O)O)P(=O)(O)O)C(P(=O)(O)O)P(=O)(O)O)N(C(P(=O)(O)O)P(=O)(O)O)C(P(=O)(O)O)P(=O)(O)O. The van der Waals surface area contributed by atoms with Crippen molar-refractivity contribution < 1.29 is 120 Å². The number of ketones is 1. The summed E-state index contributed by atoms with van der Waals surface area (Å²) in [5.74, 6) is -2.10. The largest absolute Gasteiger partial charge is 0.355 e. The first-order chi connectivity index (χ1) is 18.3. The maximum Gasteiger partial charge on any atom is 0.355 e. The molecule has 0 fully saturated rings. The van der Waals surface area contributed by atoms with Gasteiger partial charge in [0.15, 0.2) is 0 Å². The summed E-state index contributed by atoms with van der Waals surface area (Å²) in [7, 11) is -53.9. The highest BCUT2D eigenvalue weighted by atomic mass is 31.3. The summed E-state index contributed by atoms with van der Waals surface area (Å²) < 4.78 is 96.8. The van der Waals surface area contributed by atoms with Gasteiger partial charge in [0.05, 0.1) is 6.04 Å². The number of carbonyl (C=O) groups excluding carboxylic acids is 1. The Morgan fingerprint density at radius 1 is 0.442 bits per heavy atom. The Hall–Kier alpha value is 0.790. The Morgan fingerprint density at radius 2 is 0.628 bits per heavy atom. The third-order valence-corrected chi connectivity index (χ3v) is 19.0. The van der Waals surface area contributed by atoms with E-state index >= 15 is 0 Å². The van der Waals surface area contributed by atoms with Gasteiger partial charge in [-0.2, -0.15) is 0 Å². The van der Waals surface area contributed by atoms with Crippen LogP contribution in [0, 0.1) is 0 Å². The van der Waals surface area contributed by atoms with E-state index in [0.29, 0.717) is 0 Å². The molecule has 1 atom stereocenters. The van der Waals surface area contributed by atoms with Gasteiger partial charge in [0, 0.05) is 6.54 Å². The molecular weight excluding hydrogens is 772 g/mol. The standard InChI is InChI=1S/C8H26N2O25P8/c1-3(11)4(10(7(40(24,25)26)41(27,28)29)8(42(30,31)32)43(33,34)35)2-9(5(36(12,13)14)37(15,16)17)6(38(18,19)20)39(21,22)23/h4-8H,2H2,1H3,(H2,12,13,14)(H2,15,16,17)(H2,18,19,20)(H2,21,22,23)(H2,24,25,26)(H2,27,28,29)(H2,30,31,32)(H2,33,34,35). The molecule has 0 amide bonds. The fraction of sp³-hybridized carbons (Fsp3) is 0.875. The Morgan fingerprint density at radius 3 is 0.767 bits per heavy atom. The highest BCUT2D eigenvalue weighted by Gasteiger charge is 2.64. The van der Waals surface area contributed by atoms with Crippen LogP contribution >= 0.6 is 60.8 Å². The fourth-order valence-corrected chi connectivity index (χ4v) is 15.8. The summed E-state index contributed by atoms with van der Waals surface area (Å²) >= 11 is 0. The minimum atomic E-state index is -6.77. The Kier molecular flexibility index (Phi) is 14.0. The third kappa shape index (κ3) is 12.1. The van der Waals surface area contributed by atoms with E-state index < -0.39 is 111 Å². The number of Topliss-reactive ketones (excluding diaryl/α,β-unsaturated/α-hetero) is 1. The van der Waals surface area contributed by atoms with Crippen molar-refractivity contribution in [3.63, 3.8) is 0 Å². The molecule has 0 saturated carbocycles. The lowest BCUT2D eigenvalue weighted by Crippen LogP contribution is -2.58. The van der Waals surface area contributed by atoms with Crippen molar-refractivity contribution in [2.75, 3.05) is 6.54 Å². The van der Waals surface area contributed by atoms with Crippen LogP contribution in [0.4, 0.5) is 0 Å². The van der Waals surface area contributed by atoms with Crippen LogP contribution in [0.5, 0.6) is 0 Å². The fourth-order valence-electron chi connectivity index (χ4n) is 3.63. The number of hydrogen-bond donors (Lipinski definition) is 16. The second-order valence-electron chi connectivity index (χ2n) is 8.37. The Bertz CT molecular complexity index is 1240. The van der Waals surface area contributed by atoms with Gasteiger partial charge in [-0.3, -0.25) is 46.2 Å². The summed E-state index contributed by atoms with van der Waals surface area (Å²) in [6, 6.07) is -3.59. The average Bonchev–Trinajstić information content (AvgIpc) is 2.55. The van der Waals surface area contributed by atoms with E-state index in [1.165, 1.54) is 0 Å². The molecule has 258 valence electrons.